The van der Waals surface area contributed by atoms with E-state index in [1.165, 1.54) is 12.0 Å². The summed E-state index contributed by atoms with van der Waals surface area (Å²) < 4.78 is 5.98. The molecule has 1 heterocycles. The molecule has 1 aromatic rings. The quantitative estimate of drug-likeness (QED) is 0.840. The molecular formula is C12H14BrNO4. The van der Waals surface area contributed by atoms with Crippen LogP contribution in [-0.4, -0.2) is 53.4 Å². The van der Waals surface area contributed by atoms with Crippen molar-refractivity contribution in [1.29, 1.82) is 0 Å². The Kier molecular flexibility index (Phi) is 3.89. The van der Waals surface area contributed by atoms with Gasteiger partial charge in [0.1, 0.15) is 5.75 Å². The number of methoxy groups -OCH3 is 1. The van der Waals surface area contributed by atoms with Crippen molar-refractivity contribution >= 4 is 21.8 Å². The van der Waals surface area contributed by atoms with E-state index in [0.717, 1.165) is 4.47 Å². The molecule has 1 amide bonds. The molecule has 0 unspecified atom stereocenters. The lowest BCUT2D eigenvalue weighted by molar-refractivity contribution is 0.0572. The molecule has 98 valence electrons. The molecule has 1 aromatic carbocycles. The summed E-state index contributed by atoms with van der Waals surface area (Å²) in [6.45, 7) is 0.276. The van der Waals surface area contributed by atoms with Gasteiger partial charge in [-0.05, 0) is 18.2 Å². The molecule has 1 saturated heterocycles. The van der Waals surface area contributed by atoms with Gasteiger partial charge in [-0.1, -0.05) is 15.9 Å². The van der Waals surface area contributed by atoms with Crippen LogP contribution in [0, 0.1) is 0 Å². The molecule has 6 heteroatoms. The first-order valence-corrected chi connectivity index (χ1v) is 6.31. The van der Waals surface area contributed by atoms with Crippen LogP contribution in [-0.2, 0) is 0 Å². The number of ether oxygens (including phenoxy) is 1. The van der Waals surface area contributed by atoms with Crippen LogP contribution in [0.3, 0.4) is 0 Å². The zero-order valence-electron chi connectivity index (χ0n) is 9.84. The van der Waals surface area contributed by atoms with E-state index in [1.54, 1.807) is 18.2 Å². The number of aliphatic hydroxyl groups excluding tert-OH is 2. The molecule has 0 radical (unpaired) electrons. The Morgan fingerprint density at radius 2 is 2.00 bits per heavy atom. The van der Waals surface area contributed by atoms with Gasteiger partial charge in [-0.15, -0.1) is 0 Å². The second-order valence-corrected chi connectivity index (χ2v) is 5.11. The summed E-state index contributed by atoms with van der Waals surface area (Å²) in [6, 6.07) is 5.11. The Labute approximate surface area is 113 Å². The SMILES string of the molecule is COc1cc(Br)ccc1C(=O)N1C[C@@H](O)[C@@H](O)C1. The van der Waals surface area contributed by atoms with Crippen LogP contribution < -0.4 is 4.74 Å². The van der Waals surface area contributed by atoms with Gasteiger partial charge in [0, 0.05) is 17.6 Å². The largest absolute Gasteiger partial charge is 0.496 e. The van der Waals surface area contributed by atoms with Crippen LogP contribution in [0.2, 0.25) is 0 Å². The number of β-amino-alcohol motifs (C(OH)–C–C–N with tert-alkyl or cyclic N) is 2. The van der Waals surface area contributed by atoms with E-state index < -0.39 is 12.2 Å². The number of likely N-dealkylation sites (tertiary alicyclic amines) is 1. The third-order valence-corrected chi connectivity index (χ3v) is 3.43. The monoisotopic (exact) mass is 315 g/mol. The Morgan fingerprint density at radius 1 is 1.39 bits per heavy atom. The molecule has 0 aromatic heterocycles. The summed E-state index contributed by atoms with van der Waals surface area (Å²) in [5.41, 5.74) is 0.419. The van der Waals surface area contributed by atoms with Crippen LogP contribution in [0.25, 0.3) is 0 Å². The van der Waals surface area contributed by atoms with Gasteiger partial charge < -0.3 is 19.8 Å². The average molecular weight is 316 g/mol. The number of nitrogens with zero attached hydrogens (tertiary/aromatic N) is 1. The van der Waals surface area contributed by atoms with Gasteiger partial charge in [-0.3, -0.25) is 4.79 Å². The second kappa shape index (κ2) is 5.26. The van der Waals surface area contributed by atoms with Gasteiger partial charge in [0.2, 0.25) is 0 Å². The van der Waals surface area contributed by atoms with Gasteiger partial charge in [0.05, 0.1) is 24.9 Å². The fourth-order valence-corrected chi connectivity index (χ4v) is 2.29. The molecule has 5 nitrogen and oxygen atoms in total. The predicted octanol–water partition coefficient (Wildman–Crippen LogP) is 0.635. The minimum atomic E-state index is -0.879. The summed E-state index contributed by atoms with van der Waals surface area (Å²) in [5, 5.41) is 18.9. The van der Waals surface area contributed by atoms with Gasteiger partial charge in [0.15, 0.2) is 0 Å². The maximum atomic E-state index is 12.2. The lowest BCUT2D eigenvalue weighted by Gasteiger charge is -2.17. The first-order chi connectivity index (χ1) is 8.52. The van der Waals surface area contributed by atoms with Crippen molar-refractivity contribution in [1.82, 2.24) is 4.90 Å². The molecule has 2 N–H and O–H groups in total. The smallest absolute Gasteiger partial charge is 0.257 e. The Balaban J connectivity index is 2.24. The Morgan fingerprint density at radius 3 is 2.56 bits per heavy atom. The molecular weight excluding hydrogens is 302 g/mol. The molecule has 0 bridgehead atoms. The highest BCUT2D eigenvalue weighted by molar-refractivity contribution is 9.10. The Bertz CT molecular complexity index is 455. The van der Waals surface area contributed by atoms with Crippen molar-refractivity contribution in [3.8, 4) is 5.75 Å². The van der Waals surface area contributed by atoms with Crippen LogP contribution in [0.4, 0.5) is 0 Å². The van der Waals surface area contributed by atoms with Gasteiger partial charge >= 0.3 is 0 Å². The van der Waals surface area contributed by atoms with E-state index in [9.17, 15) is 15.0 Å². The normalized spacial score (nSPS) is 23.2. The van der Waals surface area contributed by atoms with Crippen molar-refractivity contribution in [2.75, 3.05) is 20.2 Å². The number of hydrogen-bond donors (Lipinski definition) is 2. The van der Waals surface area contributed by atoms with Crippen LogP contribution >= 0.6 is 15.9 Å². The number of rotatable bonds is 2. The van der Waals surface area contributed by atoms with Crippen LogP contribution in [0.5, 0.6) is 5.75 Å². The maximum Gasteiger partial charge on any atom is 0.257 e. The third-order valence-electron chi connectivity index (χ3n) is 2.94. The molecule has 18 heavy (non-hydrogen) atoms. The van der Waals surface area contributed by atoms with E-state index in [2.05, 4.69) is 15.9 Å². The first kappa shape index (κ1) is 13.3. The topological polar surface area (TPSA) is 70.0 Å². The summed E-state index contributed by atoms with van der Waals surface area (Å²) in [7, 11) is 1.49. The lowest BCUT2D eigenvalue weighted by Crippen LogP contribution is -2.30. The van der Waals surface area contributed by atoms with Crippen LogP contribution in [0.15, 0.2) is 22.7 Å². The molecule has 0 spiro atoms. The maximum absolute atomic E-state index is 12.2. The highest BCUT2D eigenvalue weighted by atomic mass is 79.9. The lowest BCUT2D eigenvalue weighted by atomic mass is 10.2. The van der Waals surface area contributed by atoms with Gasteiger partial charge in [0.25, 0.3) is 5.91 Å². The fourth-order valence-electron chi connectivity index (χ4n) is 1.95. The van der Waals surface area contributed by atoms with Crippen LogP contribution in [0.1, 0.15) is 10.4 Å². The number of carbonyl (C=O) groups is 1. The summed E-state index contributed by atoms with van der Waals surface area (Å²) in [4.78, 5) is 13.7. The average Bonchev–Trinajstić information content (AvgIpc) is 2.68. The first-order valence-electron chi connectivity index (χ1n) is 5.52. The third kappa shape index (κ3) is 2.50. The number of amides is 1. The fraction of sp³-hybridized carbons (Fsp3) is 0.417. The highest BCUT2D eigenvalue weighted by Gasteiger charge is 2.33. The second-order valence-electron chi connectivity index (χ2n) is 4.19. The van der Waals surface area contributed by atoms with Gasteiger partial charge in [-0.25, -0.2) is 0 Å². The molecule has 1 aliphatic rings. The minimum absolute atomic E-state index is 0.138. The predicted molar refractivity (Wildman–Crippen MR) is 68.6 cm³/mol. The molecule has 0 aliphatic carbocycles. The zero-order chi connectivity index (χ0) is 13.3. The van der Waals surface area contributed by atoms with E-state index in [1.807, 2.05) is 0 Å². The molecule has 1 fully saturated rings. The van der Waals surface area contributed by atoms with Crippen molar-refractivity contribution in [3.63, 3.8) is 0 Å². The van der Waals surface area contributed by atoms with E-state index in [-0.39, 0.29) is 19.0 Å². The summed E-state index contributed by atoms with van der Waals surface area (Å²) >= 11 is 3.30. The standard InChI is InChI=1S/C12H14BrNO4/c1-18-11-4-7(13)2-3-8(11)12(17)14-5-9(15)10(16)6-14/h2-4,9-10,15-16H,5-6H2,1H3/t9-,10+. The number of aliphatic hydroxyl groups is 2. The summed E-state index contributed by atoms with van der Waals surface area (Å²) in [6.07, 6.45) is -1.76. The zero-order valence-corrected chi connectivity index (χ0v) is 11.4. The van der Waals surface area contributed by atoms with E-state index >= 15 is 0 Å². The molecule has 1 aliphatic heterocycles. The Hall–Kier alpha value is -1.11. The highest BCUT2D eigenvalue weighted by Crippen LogP contribution is 2.26. The van der Waals surface area contributed by atoms with Crippen molar-refractivity contribution in [3.05, 3.63) is 28.2 Å². The number of carbonyl (C=O) groups excluding carboxylic acids is 1. The summed E-state index contributed by atoms with van der Waals surface area (Å²) in [5.74, 6) is 0.209. The molecule has 2 rings (SSSR count). The van der Waals surface area contributed by atoms with E-state index in [0.29, 0.717) is 11.3 Å². The molecule has 2 atom stereocenters. The van der Waals surface area contributed by atoms with E-state index in [4.69, 9.17) is 4.74 Å². The molecule has 0 saturated carbocycles. The van der Waals surface area contributed by atoms with Gasteiger partial charge in [-0.2, -0.15) is 0 Å². The van der Waals surface area contributed by atoms with Crippen molar-refractivity contribution < 1.29 is 19.7 Å². The van der Waals surface area contributed by atoms with Crippen molar-refractivity contribution in [2.45, 2.75) is 12.2 Å². The number of benzene rings is 1. The number of halogens is 1. The van der Waals surface area contributed by atoms with Crippen molar-refractivity contribution in [2.24, 2.45) is 0 Å². The number of hydrogen-bond acceptors (Lipinski definition) is 4. The minimum Gasteiger partial charge on any atom is -0.496 e.